The van der Waals surface area contributed by atoms with Crippen LogP contribution < -0.4 is 5.32 Å². The number of benzene rings is 1. The molecule has 3 N–H and O–H groups in total. The van der Waals surface area contributed by atoms with Crippen LogP contribution in [0.15, 0.2) is 30.5 Å². The average Bonchev–Trinajstić information content (AvgIpc) is 3.04. The summed E-state index contributed by atoms with van der Waals surface area (Å²) in [6.45, 7) is 1.70. The van der Waals surface area contributed by atoms with E-state index in [0.717, 1.165) is 22.2 Å². The maximum atomic E-state index is 12.2. The Bertz CT molecular complexity index is 850. The van der Waals surface area contributed by atoms with Gasteiger partial charge in [0.05, 0.1) is 16.7 Å². The number of carboxylic acid groups (broad SMARTS) is 1. The number of fused-ring (bicyclic) bond motifs is 1. The minimum Gasteiger partial charge on any atom is -0.477 e. The van der Waals surface area contributed by atoms with Crippen LogP contribution in [0.1, 0.15) is 25.6 Å². The molecule has 0 spiro atoms. The van der Waals surface area contributed by atoms with E-state index in [-0.39, 0.29) is 10.8 Å². The van der Waals surface area contributed by atoms with E-state index in [1.54, 1.807) is 37.4 Å². The Morgan fingerprint density at radius 1 is 1.33 bits per heavy atom. The van der Waals surface area contributed by atoms with Gasteiger partial charge in [0.25, 0.3) is 5.91 Å². The number of amides is 1. The number of aryl methyl sites for hydroxylation is 1. The maximum absolute atomic E-state index is 12.2. The van der Waals surface area contributed by atoms with Gasteiger partial charge in [-0.1, -0.05) is 0 Å². The Morgan fingerprint density at radius 2 is 2.14 bits per heavy atom. The first-order valence-electron chi connectivity index (χ1n) is 6.13. The highest BCUT2D eigenvalue weighted by atomic mass is 32.1. The quantitative estimate of drug-likeness (QED) is 0.693. The third-order valence-corrected chi connectivity index (χ3v) is 4.19. The van der Waals surface area contributed by atoms with Crippen molar-refractivity contribution >= 4 is 39.1 Å². The molecule has 0 bridgehead atoms. The summed E-state index contributed by atoms with van der Waals surface area (Å²) in [6, 6.07) is 6.85. The maximum Gasteiger partial charge on any atom is 0.346 e. The number of nitrogens with one attached hydrogen (secondary N) is 2. The van der Waals surface area contributed by atoms with E-state index in [1.165, 1.54) is 0 Å². The SMILES string of the molecule is Cc1cc(NC(=O)c2ccc3[nH]ncc3c2)sc1C(=O)O. The number of carboxylic acids is 1. The number of rotatable bonds is 3. The molecule has 0 unspecified atom stereocenters. The van der Waals surface area contributed by atoms with Crippen molar-refractivity contribution in [2.75, 3.05) is 5.32 Å². The fraction of sp³-hybridized carbons (Fsp3) is 0.0714. The highest BCUT2D eigenvalue weighted by molar-refractivity contribution is 7.18. The van der Waals surface area contributed by atoms with E-state index in [9.17, 15) is 9.59 Å². The molecule has 6 nitrogen and oxygen atoms in total. The second kappa shape index (κ2) is 5.02. The topological polar surface area (TPSA) is 95.1 Å². The first kappa shape index (κ1) is 13.3. The molecule has 0 aliphatic carbocycles. The number of carbonyl (C=O) groups excluding carboxylic acids is 1. The van der Waals surface area contributed by atoms with E-state index in [4.69, 9.17) is 5.11 Å². The third kappa shape index (κ3) is 2.50. The molecule has 0 aliphatic rings. The van der Waals surface area contributed by atoms with Gasteiger partial charge in [0, 0.05) is 10.9 Å². The number of H-pyrrole nitrogens is 1. The van der Waals surface area contributed by atoms with E-state index in [0.29, 0.717) is 16.1 Å². The van der Waals surface area contributed by atoms with Crippen LogP contribution in [0.4, 0.5) is 5.00 Å². The van der Waals surface area contributed by atoms with Gasteiger partial charge in [-0.3, -0.25) is 9.89 Å². The van der Waals surface area contributed by atoms with Gasteiger partial charge in [-0.05, 0) is 36.8 Å². The fourth-order valence-electron chi connectivity index (χ4n) is 2.02. The molecule has 2 aromatic heterocycles. The lowest BCUT2D eigenvalue weighted by Crippen LogP contribution is -2.10. The molecule has 3 aromatic rings. The van der Waals surface area contributed by atoms with Gasteiger partial charge in [-0.15, -0.1) is 11.3 Å². The van der Waals surface area contributed by atoms with Crippen LogP contribution in [-0.4, -0.2) is 27.2 Å². The van der Waals surface area contributed by atoms with Crippen LogP contribution in [0.3, 0.4) is 0 Å². The summed E-state index contributed by atoms with van der Waals surface area (Å²) < 4.78 is 0. The van der Waals surface area contributed by atoms with Crippen LogP contribution in [0.5, 0.6) is 0 Å². The van der Waals surface area contributed by atoms with Crippen LogP contribution in [0.2, 0.25) is 0 Å². The van der Waals surface area contributed by atoms with E-state index >= 15 is 0 Å². The van der Waals surface area contributed by atoms with Gasteiger partial charge < -0.3 is 10.4 Å². The molecule has 0 saturated heterocycles. The summed E-state index contributed by atoms with van der Waals surface area (Å²) in [4.78, 5) is 23.4. The van der Waals surface area contributed by atoms with Crippen LogP contribution in [0, 0.1) is 6.92 Å². The molecule has 1 amide bonds. The molecule has 7 heteroatoms. The van der Waals surface area contributed by atoms with Crippen LogP contribution in [-0.2, 0) is 0 Å². The van der Waals surface area contributed by atoms with Crippen molar-refractivity contribution in [3.63, 3.8) is 0 Å². The molecular formula is C14H11N3O3S. The molecule has 0 fully saturated rings. The first-order chi connectivity index (χ1) is 10.0. The van der Waals surface area contributed by atoms with Crippen molar-refractivity contribution in [2.45, 2.75) is 6.92 Å². The molecule has 106 valence electrons. The zero-order chi connectivity index (χ0) is 15.0. The molecule has 1 aromatic carbocycles. The van der Waals surface area contributed by atoms with E-state index < -0.39 is 5.97 Å². The zero-order valence-corrected chi connectivity index (χ0v) is 11.8. The summed E-state index contributed by atoms with van der Waals surface area (Å²) in [5.41, 5.74) is 1.98. The van der Waals surface area contributed by atoms with Gasteiger partial charge in [-0.2, -0.15) is 5.10 Å². The number of aromatic nitrogens is 2. The van der Waals surface area contributed by atoms with Gasteiger partial charge in [0.15, 0.2) is 0 Å². The van der Waals surface area contributed by atoms with Crippen molar-refractivity contribution in [3.05, 3.63) is 46.5 Å². The Hall–Kier alpha value is -2.67. The number of nitrogens with zero attached hydrogens (tertiary/aromatic N) is 1. The molecule has 3 rings (SSSR count). The second-order valence-electron chi connectivity index (χ2n) is 4.55. The Morgan fingerprint density at radius 3 is 2.86 bits per heavy atom. The van der Waals surface area contributed by atoms with E-state index in [2.05, 4.69) is 15.5 Å². The number of aromatic carboxylic acids is 1. The molecular weight excluding hydrogens is 290 g/mol. The second-order valence-corrected chi connectivity index (χ2v) is 5.61. The smallest absolute Gasteiger partial charge is 0.346 e. The number of hydrogen-bond acceptors (Lipinski definition) is 4. The predicted molar refractivity (Wildman–Crippen MR) is 80.1 cm³/mol. The lowest BCUT2D eigenvalue weighted by molar-refractivity contribution is 0.0701. The van der Waals surface area contributed by atoms with Crippen molar-refractivity contribution in [1.82, 2.24) is 10.2 Å². The van der Waals surface area contributed by atoms with Crippen molar-refractivity contribution in [3.8, 4) is 0 Å². The Balaban J connectivity index is 1.85. The highest BCUT2D eigenvalue weighted by Gasteiger charge is 2.14. The van der Waals surface area contributed by atoms with Gasteiger partial charge in [-0.25, -0.2) is 4.79 Å². The number of carbonyl (C=O) groups is 2. The van der Waals surface area contributed by atoms with Gasteiger partial charge in [0.2, 0.25) is 0 Å². The zero-order valence-electron chi connectivity index (χ0n) is 11.0. The van der Waals surface area contributed by atoms with Crippen LogP contribution >= 0.6 is 11.3 Å². The number of anilines is 1. The molecule has 0 atom stereocenters. The minimum atomic E-state index is -0.988. The molecule has 0 aliphatic heterocycles. The number of thiophene rings is 1. The minimum absolute atomic E-state index is 0.232. The molecule has 0 saturated carbocycles. The predicted octanol–water partition coefficient (Wildman–Crippen LogP) is 2.88. The normalized spacial score (nSPS) is 10.7. The summed E-state index contributed by atoms with van der Waals surface area (Å²) in [6.07, 6.45) is 1.64. The molecule has 21 heavy (non-hydrogen) atoms. The van der Waals surface area contributed by atoms with Gasteiger partial charge in [0.1, 0.15) is 4.88 Å². The number of hydrogen-bond donors (Lipinski definition) is 3. The lowest BCUT2D eigenvalue weighted by atomic mass is 10.1. The first-order valence-corrected chi connectivity index (χ1v) is 6.94. The summed E-state index contributed by atoms with van der Waals surface area (Å²) in [7, 11) is 0. The highest BCUT2D eigenvalue weighted by Crippen LogP contribution is 2.27. The Labute approximate surface area is 123 Å². The largest absolute Gasteiger partial charge is 0.477 e. The number of aromatic amines is 1. The fourth-order valence-corrected chi connectivity index (χ4v) is 2.93. The molecule has 0 radical (unpaired) electrons. The van der Waals surface area contributed by atoms with Gasteiger partial charge >= 0.3 is 5.97 Å². The molecule has 2 heterocycles. The van der Waals surface area contributed by atoms with Crippen LogP contribution in [0.25, 0.3) is 10.9 Å². The summed E-state index contributed by atoms with van der Waals surface area (Å²) >= 11 is 1.05. The van der Waals surface area contributed by atoms with E-state index in [1.807, 2.05) is 0 Å². The summed E-state index contributed by atoms with van der Waals surface area (Å²) in [5, 5.41) is 19.8. The average molecular weight is 301 g/mol. The Kier molecular flexibility index (Phi) is 3.19. The standard InChI is InChI=1S/C14H11N3O3S/c1-7-4-11(21-12(7)14(19)20)16-13(18)8-2-3-10-9(5-8)6-15-17-10/h2-6H,1H3,(H,15,17)(H,16,18)(H,19,20). The van der Waals surface area contributed by atoms with Crippen molar-refractivity contribution < 1.29 is 14.7 Å². The lowest BCUT2D eigenvalue weighted by Gasteiger charge is -2.02. The van der Waals surface area contributed by atoms with Crippen molar-refractivity contribution in [1.29, 1.82) is 0 Å². The van der Waals surface area contributed by atoms with Crippen molar-refractivity contribution in [2.24, 2.45) is 0 Å². The summed E-state index contributed by atoms with van der Waals surface area (Å²) in [5.74, 6) is -1.27. The third-order valence-electron chi connectivity index (χ3n) is 3.05. The monoisotopic (exact) mass is 301 g/mol.